The third kappa shape index (κ3) is 4.86. The SMILES string of the molecule is Cc1ccc(C(=O)NC[C@@]2(C)C[C@H](NC(=O)c3ccc(C)o3)CC(C)(C)C2)o1. The number of furan rings is 2. The Kier molecular flexibility index (Phi) is 5.41. The maximum absolute atomic E-state index is 12.5. The quantitative estimate of drug-likeness (QED) is 0.805. The molecule has 0 spiro atoms. The van der Waals surface area contributed by atoms with Gasteiger partial charge >= 0.3 is 0 Å². The molecule has 0 radical (unpaired) electrons. The number of carbonyl (C=O) groups excluding carboxylic acids is 2. The Morgan fingerprint density at radius 3 is 2.07 bits per heavy atom. The van der Waals surface area contributed by atoms with Crippen LogP contribution in [-0.2, 0) is 0 Å². The predicted molar refractivity (Wildman–Crippen MR) is 106 cm³/mol. The van der Waals surface area contributed by atoms with Gasteiger partial charge in [0.15, 0.2) is 11.5 Å². The average Bonchev–Trinajstić information content (AvgIpc) is 3.19. The first kappa shape index (κ1) is 20.2. The van der Waals surface area contributed by atoms with Crippen LogP contribution < -0.4 is 10.6 Å². The molecule has 0 bridgehead atoms. The fourth-order valence-corrected chi connectivity index (χ4v) is 4.62. The summed E-state index contributed by atoms with van der Waals surface area (Å²) in [5.74, 6) is 1.71. The molecule has 0 saturated heterocycles. The van der Waals surface area contributed by atoms with Gasteiger partial charge in [0.2, 0.25) is 0 Å². The van der Waals surface area contributed by atoms with E-state index < -0.39 is 0 Å². The van der Waals surface area contributed by atoms with Crippen LogP contribution in [0.5, 0.6) is 0 Å². The summed E-state index contributed by atoms with van der Waals surface area (Å²) in [6, 6.07) is 6.97. The molecule has 28 heavy (non-hydrogen) atoms. The lowest BCUT2D eigenvalue weighted by Gasteiger charge is -2.46. The van der Waals surface area contributed by atoms with E-state index in [1.165, 1.54) is 0 Å². The Bertz CT molecular complexity index is 864. The van der Waals surface area contributed by atoms with E-state index in [4.69, 9.17) is 8.83 Å². The van der Waals surface area contributed by atoms with Gasteiger partial charge in [-0.3, -0.25) is 9.59 Å². The molecule has 1 aliphatic carbocycles. The van der Waals surface area contributed by atoms with E-state index in [0.29, 0.717) is 23.8 Å². The molecule has 0 aliphatic heterocycles. The first-order valence-electron chi connectivity index (χ1n) is 9.77. The van der Waals surface area contributed by atoms with Gasteiger partial charge in [-0.25, -0.2) is 0 Å². The van der Waals surface area contributed by atoms with E-state index in [2.05, 4.69) is 31.4 Å². The molecule has 2 atom stereocenters. The summed E-state index contributed by atoms with van der Waals surface area (Å²) >= 11 is 0. The highest BCUT2D eigenvalue weighted by Crippen LogP contribution is 2.45. The van der Waals surface area contributed by atoms with Gasteiger partial charge in [0.25, 0.3) is 11.8 Å². The third-order valence-electron chi connectivity index (χ3n) is 5.38. The maximum Gasteiger partial charge on any atom is 0.287 e. The summed E-state index contributed by atoms with van der Waals surface area (Å²) in [5.41, 5.74) is -0.0773. The van der Waals surface area contributed by atoms with E-state index in [9.17, 15) is 9.59 Å². The van der Waals surface area contributed by atoms with Crippen LogP contribution in [0.15, 0.2) is 33.1 Å². The summed E-state index contributed by atoms with van der Waals surface area (Å²) in [5, 5.41) is 6.12. The molecule has 6 nitrogen and oxygen atoms in total. The molecular formula is C22H30N2O4. The molecule has 152 valence electrons. The van der Waals surface area contributed by atoms with Crippen LogP contribution in [0, 0.1) is 24.7 Å². The zero-order chi connectivity index (χ0) is 20.5. The second kappa shape index (κ2) is 7.49. The monoisotopic (exact) mass is 386 g/mol. The van der Waals surface area contributed by atoms with Gasteiger partial charge in [-0.15, -0.1) is 0 Å². The molecule has 0 aromatic carbocycles. The van der Waals surface area contributed by atoms with Crippen LogP contribution in [-0.4, -0.2) is 24.4 Å². The molecular weight excluding hydrogens is 356 g/mol. The van der Waals surface area contributed by atoms with Crippen LogP contribution in [0.4, 0.5) is 0 Å². The van der Waals surface area contributed by atoms with E-state index in [1.54, 1.807) is 24.3 Å². The van der Waals surface area contributed by atoms with Crippen molar-refractivity contribution in [2.75, 3.05) is 6.54 Å². The van der Waals surface area contributed by atoms with Crippen LogP contribution >= 0.6 is 0 Å². The Balaban J connectivity index is 1.64. The summed E-state index contributed by atoms with van der Waals surface area (Å²) < 4.78 is 10.8. The lowest BCUT2D eigenvalue weighted by molar-refractivity contribution is 0.0576. The van der Waals surface area contributed by atoms with Gasteiger partial charge in [-0.1, -0.05) is 20.8 Å². The Morgan fingerprint density at radius 1 is 0.964 bits per heavy atom. The lowest BCUT2D eigenvalue weighted by Crippen LogP contribution is -2.50. The third-order valence-corrected chi connectivity index (χ3v) is 5.38. The van der Waals surface area contributed by atoms with Crippen molar-refractivity contribution in [1.29, 1.82) is 0 Å². The van der Waals surface area contributed by atoms with Crippen LogP contribution in [0.2, 0.25) is 0 Å². The van der Waals surface area contributed by atoms with Gasteiger partial charge in [-0.2, -0.15) is 0 Å². The fourth-order valence-electron chi connectivity index (χ4n) is 4.62. The lowest BCUT2D eigenvalue weighted by atomic mass is 9.62. The van der Waals surface area contributed by atoms with Crippen molar-refractivity contribution in [3.63, 3.8) is 0 Å². The Morgan fingerprint density at radius 2 is 1.54 bits per heavy atom. The second-order valence-corrected chi connectivity index (χ2v) is 9.23. The highest BCUT2D eigenvalue weighted by molar-refractivity contribution is 5.92. The number of hydrogen-bond acceptors (Lipinski definition) is 4. The molecule has 1 saturated carbocycles. The second-order valence-electron chi connectivity index (χ2n) is 9.23. The molecule has 1 aliphatic rings. The minimum Gasteiger partial charge on any atom is -0.456 e. The van der Waals surface area contributed by atoms with Crippen molar-refractivity contribution < 1.29 is 18.4 Å². The first-order chi connectivity index (χ1) is 13.1. The van der Waals surface area contributed by atoms with Crippen LogP contribution in [0.25, 0.3) is 0 Å². The van der Waals surface area contributed by atoms with Crippen molar-refractivity contribution in [2.45, 2.75) is 59.9 Å². The topological polar surface area (TPSA) is 84.5 Å². The minimum atomic E-state index is -0.204. The van der Waals surface area contributed by atoms with Crippen molar-refractivity contribution in [3.8, 4) is 0 Å². The molecule has 2 amide bonds. The molecule has 6 heteroatoms. The van der Waals surface area contributed by atoms with Crippen LogP contribution in [0.1, 0.15) is 72.7 Å². The molecule has 0 unspecified atom stereocenters. The van der Waals surface area contributed by atoms with Gasteiger partial charge in [-0.05, 0) is 68.2 Å². The Hall–Kier alpha value is -2.50. The molecule has 2 N–H and O–H groups in total. The van der Waals surface area contributed by atoms with Gasteiger partial charge in [0, 0.05) is 12.6 Å². The predicted octanol–water partition coefficient (Wildman–Crippen LogP) is 4.23. The zero-order valence-corrected chi connectivity index (χ0v) is 17.3. The summed E-state index contributed by atoms with van der Waals surface area (Å²) in [4.78, 5) is 24.9. The van der Waals surface area contributed by atoms with Crippen LogP contribution in [0.3, 0.4) is 0 Å². The minimum absolute atomic E-state index is 0.0226. The van der Waals surface area contributed by atoms with E-state index in [1.807, 2.05) is 13.8 Å². The van der Waals surface area contributed by atoms with Gasteiger partial charge in [0.1, 0.15) is 11.5 Å². The van der Waals surface area contributed by atoms with Crippen molar-refractivity contribution in [1.82, 2.24) is 10.6 Å². The number of rotatable bonds is 5. The highest BCUT2D eigenvalue weighted by atomic mass is 16.4. The fraction of sp³-hybridized carbons (Fsp3) is 0.545. The number of aryl methyl sites for hydroxylation is 2. The molecule has 3 rings (SSSR count). The number of amides is 2. The van der Waals surface area contributed by atoms with E-state index in [-0.39, 0.29) is 28.7 Å². The first-order valence-corrected chi connectivity index (χ1v) is 9.77. The zero-order valence-electron chi connectivity index (χ0n) is 17.3. The standard InChI is InChI=1S/C22H30N2O4/c1-14-6-8-17(27-14)19(25)23-13-22(5)11-16(10-21(3,4)12-22)24-20(26)18-9-7-15(2)28-18/h6-9,16H,10-13H2,1-5H3,(H,23,25)(H,24,26)/t16-,22+/m1/s1. The van der Waals surface area contributed by atoms with Crippen molar-refractivity contribution >= 4 is 11.8 Å². The van der Waals surface area contributed by atoms with Crippen molar-refractivity contribution in [3.05, 3.63) is 47.3 Å². The largest absolute Gasteiger partial charge is 0.456 e. The average molecular weight is 386 g/mol. The molecule has 1 fully saturated rings. The van der Waals surface area contributed by atoms with Gasteiger partial charge in [0.05, 0.1) is 0 Å². The van der Waals surface area contributed by atoms with E-state index in [0.717, 1.165) is 25.0 Å². The molecule has 2 aromatic heterocycles. The molecule has 2 aromatic rings. The summed E-state index contributed by atoms with van der Waals surface area (Å²) in [7, 11) is 0. The van der Waals surface area contributed by atoms with E-state index >= 15 is 0 Å². The molecule has 2 heterocycles. The number of carbonyl (C=O) groups is 2. The summed E-state index contributed by atoms with van der Waals surface area (Å²) in [6.45, 7) is 10.7. The Labute approximate surface area is 166 Å². The summed E-state index contributed by atoms with van der Waals surface area (Å²) in [6.07, 6.45) is 2.64. The highest BCUT2D eigenvalue weighted by Gasteiger charge is 2.42. The number of nitrogens with one attached hydrogen (secondary N) is 2. The van der Waals surface area contributed by atoms with Crippen molar-refractivity contribution in [2.24, 2.45) is 10.8 Å². The smallest absolute Gasteiger partial charge is 0.287 e. The normalized spacial score (nSPS) is 24.0. The maximum atomic E-state index is 12.5. The number of hydrogen-bond donors (Lipinski definition) is 2. The van der Waals surface area contributed by atoms with Gasteiger partial charge < -0.3 is 19.5 Å².